The van der Waals surface area contributed by atoms with E-state index in [2.05, 4.69) is 25.3 Å². The lowest BCUT2D eigenvalue weighted by Crippen LogP contribution is -2.81. The maximum atomic E-state index is 16.0. The molecule has 4 fully saturated rings. The van der Waals surface area contributed by atoms with Gasteiger partial charge in [0.2, 0.25) is 23.7 Å². The van der Waals surface area contributed by atoms with Crippen LogP contribution in [0.25, 0.3) is 10.9 Å². The Balaban J connectivity index is 0.773. The Hall–Kier alpha value is -9.17. The molecule has 16 atom stereocenters. The molecule has 2 amide bonds. The smallest absolute Gasteiger partial charge is 0.344 e. The van der Waals surface area contributed by atoms with E-state index in [4.69, 9.17) is 43.6 Å². The van der Waals surface area contributed by atoms with E-state index >= 15 is 4.79 Å². The highest BCUT2D eigenvalue weighted by Crippen LogP contribution is 2.69. The molecule has 3 saturated heterocycles. The highest BCUT2D eigenvalue weighted by Gasteiger charge is 2.81. The van der Waals surface area contributed by atoms with Crippen molar-refractivity contribution in [2.75, 3.05) is 72.7 Å². The third-order valence-corrected chi connectivity index (χ3v) is 24.5. The number of anilines is 1. The van der Waals surface area contributed by atoms with Gasteiger partial charge in [-0.05, 0) is 87.2 Å². The number of nitrogens with zero attached hydrogens (tertiary/aromatic N) is 4. The van der Waals surface area contributed by atoms with Crippen LogP contribution in [0.15, 0.2) is 71.9 Å². The summed E-state index contributed by atoms with van der Waals surface area (Å²) >= 11 is 0. The molecule has 1 aromatic heterocycles. The number of nitrogens with two attached hydrogens (primary N) is 1. The number of methoxy groups -OCH3 is 4. The van der Waals surface area contributed by atoms with Gasteiger partial charge in [0.1, 0.15) is 39.6 Å². The molecule has 9 aliphatic rings. The number of H-pyrrole nitrogens is 1. The molecule has 6 aliphatic heterocycles. The van der Waals surface area contributed by atoms with Crippen molar-refractivity contribution < 1.29 is 107 Å². The van der Waals surface area contributed by atoms with Crippen molar-refractivity contribution in [2.24, 2.45) is 22.2 Å². The van der Waals surface area contributed by atoms with E-state index in [1.54, 1.807) is 13.0 Å². The maximum Gasteiger partial charge on any atom is 0.344 e. The second-order valence-corrected chi connectivity index (χ2v) is 29.9. The number of fused-ring (bicyclic) bond motifs is 9. The first-order valence-corrected chi connectivity index (χ1v) is 36.0. The number of hydrogen-bond acceptors (Lipinski definition) is 26. The molecular weight excluding hydrogens is 1370 g/mol. The first kappa shape index (κ1) is 73.7. The Kier molecular flexibility index (Phi) is 19.0. The molecule has 29 nitrogen and oxygen atoms in total. The molecule has 106 heavy (non-hydrogen) atoms. The zero-order valence-corrected chi connectivity index (χ0v) is 60.2. The molecule has 2 bridgehead atoms. The van der Waals surface area contributed by atoms with E-state index in [-0.39, 0.29) is 72.4 Å². The molecule has 4 aromatic carbocycles. The average molecular weight is 1460 g/mol. The Morgan fingerprint density at radius 2 is 1.60 bits per heavy atom. The van der Waals surface area contributed by atoms with E-state index in [9.17, 15) is 64.2 Å². The second-order valence-electron chi connectivity index (χ2n) is 29.9. The molecule has 10 N–H and O–H groups in total. The van der Waals surface area contributed by atoms with E-state index in [1.807, 2.05) is 56.3 Å². The molecule has 3 aliphatic carbocycles. The second kappa shape index (κ2) is 27.3. The number of aromatic nitrogens is 1. The van der Waals surface area contributed by atoms with Crippen LogP contribution in [0.4, 0.5) is 5.69 Å². The van der Waals surface area contributed by atoms with Gasteiger partial charge in [0, 0.05) is 127 Å². The number of hydrazone groups is 1. The van der Waals surface area contributed by atoms with Crippen molar-refractivity contribution in [3.05, 3.63) is 123 Å². The number of rotatable bonds is 18. The number of aromatic hydroxyl groups is 2. The van der Waals surface area contributed by atoms with Gasteiger partial charge in [-0.25, -0.2) is 10.2 Å². The Bertz CT molecular complexity index is 4540. The maximum absolute atomic E-state index is 16.0. The largest absolute Gasteiger partial charge is 0.507 e. The summed E-state index contributed by atoms with van der Waals surface area (Å²) < 4.78 is 48.5. The number of ether oxygens (including phenoxy) is 8. The predicted molar refractivity (Wildman–Crippen MR) is 376 cm³/mol. The van der Waals surface area contributed by atoms with E-state index in [0.29, 0.717) is 67.9 Å². The fourth-order valence-corrected chi connectivity index (χ4v) is 20.1. The number of para-hydroxylation sites is 1. The third kappa shape index (κ3) is 11.0. The first-order valence-electron chi connectivity index (χ1n) is 36.0. The monoisotopic (exact) mass is 1460 g/mol. The van der Waals surface area contributed by atoms with Crippen LogP contribution in [0.5, 0.6) is 23.0 Å². The van der Waals surface area contributed by atoms with Crippen LogP contribution in [0.3, 0.4) is 0 Å². The van der Waals surface area contributed by atoms with Crippen LogP contribution in [0.1, 0.15) is 157 Å². The van der Waals surface area contributed by atoms with Crippen molar-refractivity contribution in [3.8, 4) is 23.0 Å². The minimum Gasteiger partial charge on any atom is -0.507 e. The number of amides is 2. The van der Waals surface area contributed by atoms with Gasteiger partial charge in [-0.15, -0.1) is 0 Å². The van der Waals surface area contributed by atoms with Crippen molar-refractivity contribution >= 4 is 70.1 Å². The minimum absolute atomic E-state index is 0.0191. The quantitative estimate of drug-likeness (QED) is 0.0112. The number of piperidine rings is 1. The average Bonchev–Trinajstić information content (AvgIpc) is 1.46. The molecule has 564 valence electrons. The Morgan fingerprint density at radius 3 is 2.29 bits per heavy atom. The molecule has 29 heteroatoms. The lowest BCUT2D eigenvalue weighted by atomic mass is 9.47. The lowest BCUT2D eigenvalue weighted by Gasteiger charge is -2.63. The zero-order valence-electron chi connectivity index (χ0n) is 60.2. The van der Waals surface area contributed by atoms with E-state index in [1.165, 1.54) is 51.4 Å². The van der Waals surface area contributed by atoms with E-state index < -0.39 is 190 Å². The number of aliphatic hydroxyl groups is 4. The van der Waals surface area contributed by atoms with Crippen LogP contribution < -0.4 is 25.5 Å². The predicted octanol–water partition coefficient (Wildman–Crippen LogP) is 3.77. The summed E-state index contributed by atoms with van der Waals surface area (Å²) in [6.07, 6.45) is -2.67. The number of phenolic OH excluding ortho intramolecular Hbond substituents is 2. The van der Waals surface area contributed by atoms with Crippen molar-refractivity contribution in [1.29, 1.82) is 0 Å². The number of phenols is 2. The summed E-state index contributed by atoms with van der Waals surface area (Å²) in [5.74, 6) is -7.65. The number of aliphatic hydroxyl groups excluding tert-OH is 2. The number of carbonyl (C=O) groups is 8. The van der Waals surface area contributed by atoms with Gasteiger partial charge in [0.05, 0.1) is 93.9 Å². The van der Waals surface area contributed by atoms with Gasteiger partial charge in [-0.3, -0.25) is 43.4 Å². The number of benzene rings is 4. The van der Waals surface area contributed by atoms with Gasteiger partial charge in [-0.2, -0.15) is 5.10 Å². The topological polar surface area (TPSA) is 408 Å². The van der Waals surface area contributed by atoms with Crippen molar-refractivity contribution in [1.82, 2.24) is 20.2 Å². The Labute approximate surface area is 609 Å². The van der Waals surface area contributed by atoms with Crippen LogP contribution in [-0.2, 0) is 80.9 Å². The van der Waals surface area contributed by atoms with E-state index in [0.717, 1.165) is 23.6 Å². The molecule has 0 radical (unpaired) electrons. The van der Waals surface area contributed by atoms with Crippen molar-refractivity contribution in [3.63, 3.8) is 0 Å². The number of aromatic amines is 1. The number of hydrogen-bond donors (Lipinski definition) is 9. The lowest BCUT2D eigenvalue weighted by molar-refractivity contribution is -0.245. The Morgan fingerprint density at radius 1 is 0.858 bits per heavy atom. The minimum atomic E-state index is -2.67. The SMILES string of the molecule is CC[C@]1(OC(=O)CCC(=O)N/N=C(\CO)[C@]2(O)Cc3c(O)c4c(c(O)c3[C@@H](O[C@H]3C[C@H](N)[C@H](O)[C@H](C)O3)C2)C(=O)c2c(OC)cccc2C4=O)C[C@@H]2C[N@@](CCc3c([nH]c4ccccc34)[C@@](C(=O)OC)(c3cc4c(cc3OC)N(C=O)[C@H]3[C@@](O)(C(=O)OC)[C@H](OC(C)=O)[C@]5(CC)C=CCN6CC[C@]43[C@@H]65)C2)C1. The van der Waals surface area contributed by atoms with Crippen LogP contribution >= 0.6 is 0 Å². The van der Waals surface area contributed by atoms with Gasteiger partial charge < -0.3 is 84.2 Å². The number of esters is 4. The highest BCUT2D eigenvalue weighted by molar-refractivity contribution is 6.31. The highest BCUT2D eigenvalue weighted by atomic mass is 16.7. The van der Waals surface area contributed by atoms with Gasteiger partial charge in [0.25, 0.3) is 0 Å². The summed E-state index contributed by atoms with van der Waals surface area (Å²) in [4.78, 5) is 125. The molecule has 1 saturated carbocycles. The fourth-order valence-electron chi connectivity index (χ4n) is 20.1. The van der Waals surface area contributed by atoms with Crippen LogP contribution in [0.2, 0.25) is 0 Å². The molecule has 5 aromatic rings. The molecule has 1 spiro atoms. The number of nitrogens with one attached hydrogen (secondary N) is 2. The van der Waals surface area contributed by atoms with Gasteiger partial charge >= 0.3 is 23.9 Å². The standard InChI is InChI=1S/C77H89N7O22/c1-9-72(106-55(89)20-19-54(88)81-80-53(35-85)74(97)32-44-58(52(33-74)105-56-28-47(78)61(90)38(3)103-56)65(94)60-59(63(44)92)62(91)43-16-13-18-50(99-5)57(43)64(60)93)30-40-31-76(70(95)101-7,66-42(21-25-82(34-40)36-72)41-15-11-12-17-48(41)79-66)46-27-45-49(29-51(46)100-6)84(37-86)68-75(45)23-26-83-24-14-22-73(10-2,67(75)83)69(104-39(4)87)77(68,98)71(96)102-8/h11-18,22,27,29,37-38,40,47,52,56,61,67-69,79,85,90,92,94,97-98H,9-10,19-21,23-26,28,30-36,78H2,1-8H3,(H,81,88)/b80-53+/t38-,40-,47-,52-,56-,61+,67-,68+,69+,72-,73+,74-,75+,76-,77-/m0/s1. The summed E-state index contributed by atoms with van der Waals surface area (Å²) in [6, 6.07) is 12.6. The molecule has 14 rings (SSSR count). The van der Waals surface area contributed by atoms with Gasteiger partial charge in [-0.1, -0.05) is 56.3 Å². The number of carbonyl (C=O) groups excluding carboxylic acids is 8. The summed E-state index contributed by atoms with van der Waals surface area (Å²) in [7, 11) is 5.18. The third-order valence-electron chi connectivity index (χ3n) is 24.5. The van der Waals surface area contributed by atoms with Crippen LogP contribution in [-0.4, -0.2) is 226 Å². The molecule has 0 unspecified atom stereocenters. The van der Waals surface area contributed by atoms with Gasteiger partial charge in [0.15, 0.2) is 18.2 Å². The van der Waals surface area contributed by atoms with Crippen LogP contribution in [0, 0.1) is 11.3 Å². The zero-order chi connectivity index (χ0) is 75.6. The van der Waals surface area contributed by atoms with Crippen molar-refractivity contribution in [2.45, 2.75) is 175 Å². The molecule has 7 heterocycles. The summed E-state index contributed by atoms with van der Waals surface area (Å²) in [5, 5.41) is 77.4. The number of ketones is 2. The summed E-state index contributed by atoms with van der Waals surface area (Å²) in [6.45, 7) is 7.53. The first-order chi connectivity index (χ1) is 50.7. The summed E-state index contributed by atoms with van der Waals surface area (Å²) in [5.41, 5.74) is -1.03. The molecular formula is C77H89N7O22. The fraction of sp³-hybridized carbons (Fsp3) is 0.519. The normalized spacial score (nSPS) is 32.7.